The fraction of sp³-hybridized carbons (Fsp3) is 0.417. The number of hydrogen-bond donors (Lipinski definition) is 1. The minimum Gasteiger partial charge on any atom is -0.496 e. The molecular formula is C24H29FN2O3. The van der Waals surface area contributed by atoms with Gasteiger partial charge in [0, 0.05) is 31.1 Å². The lowest BCUT2D eigenvalue weighted by Crippen LogP contribution is -2.36. The molecule has 1 aliphatic rings. The Morgan fingerprint density at radius 1 is 1.13 bits per heavy atom. The third-order valence-electron chi connectivity index (χ3n) is 5.59. The Balaban J connectivity index is 1.84. The topological polar surface area (TPSA) is 58.6 Å². The SMILES string of the molecule is COc1ccccc1C1CN(C(=O)c2ccc(F)cc2)CC1C(=O)NCCC(C)C. The lowest BCUT2D eigenvalue weighted by molar-refractivity contribution is -0.124. The van der Waals surface area contributed by atoms with Crippen molar-refractivity contribution in [1.29, 1.82) is 0 Å². The van der Waals surface area contributed by atoms with Gasteiger partial charge in [0.1, 0.15) is 11.6 Å². The van der Waals surface area contributed by atoms with Crippen LogP contribution >= 0.6 is 0 Å². The molecule has 0 aliphatic carbocycles. The number of hydrogen-bond acceptors (Lipinski definition) is 3. The van der Waals surface area contributed by atoms with E-state index in [1.54, 1.807) is 12.0 Å². The highest BCUT2D eigenvalue weighted by molar-refractivity contribution is 5.95. The van der Waals surface area contributed by atoms with E-state index in [2.05, 4.69) is 19.2 Å². The Hall–Kier alpha value is -2.89. The summed E-state index contributed by atoms with van der Waals surface area (Å²) in [6.07, 6.45) is 0.899. The molecule has 2 aromatic rings. The van der Waals surface area contributed by atoms with E-state index in [4.69, 9.17) is 4.74 Å². The number of benzene rings is 2. The van der Waals surface area contributed by atoms with Gasteiger partial charge in [-0.3, -0.25) is 9.59 Å². The number of rotatable bonds is 7. The molecular weight excluding hydrogens is 383 g/mol. The number of ether oxygens (including phenoxy) is 1. The molecule has 0 aromatic heterocycles. The third-order valence-corrected chi connectivity index (χ3v) is 5.59. The smallest absolute Gasteiger partial charge is 0.253 e. The van der Waals surface area contributed by atoms with Crippen LogP contribution in [0.3, 0.4) is 0 Å². The highest BCUT2D eigenvalue weighted by Gasteiger charge is 2.41. The molecule has 1 saturated heterocycles. The predicted molar refractivity (Wildman–Crippen MR) is 114 cm³/mol. The minimum atomic E-state index is -0.387. The largest absolute Gasteiger partial charge is 0.496 e. The molecule has 6 heteroatoms. The maximum atomic E-state index is 13.2. The highest BCUT2D eigenvalue weighted by atomic mass is 19.1. The van der Waals surface area contributed by atoms with Crippen molar-refractivity contribution in [3.63, 3.8) is 0 Å². The van der Waals surface area contributed by atoms with Gasteiger partial charge in [-0.15, -0.1) is 0 Å². The summed E-state index contributed by atoms with van der Waals surface area (Å²) in [5.74, 6) is 0.00656. The maximum absolute atomic E-state index is 13.2. The zero-order valence-corrected chi connectivity index (χ0v) is 17.7. The summed E-state index contributed by atoms with van der Waals surface area (Å²) in [5.41, 5.74) is 1.33. The minimum absolute atomic E-state index is 0.0547. The normalized spacial score (nSPS) is 18.5. The molecule has 0 saturated carbocycles. The molecule has 0 radical (unpaired) electrons. The van der Waals surface area contributed by atoms with Crippen molar-refractivity contribution in [3.8, 4) is 5.75 Å². The lowest BCUT2D eigenvalue weighted by Gasteiger charge is -2.20. The third kappa shape index (κ3) is 4.99. The van der Waals surface area contributed by atoms with Crippen molar-refractivity contribution in [2.24, 2.45) is 11.8 Å². The van der Waals surface area contributed by atoms with Gasteiger partial charge in [-0.2, -0.15) is 0 Å². The summed E-state index contributed by atoms with van der Waals surface area (Å²) in [7, 11) is 1.60. The highest BCUT2D eigenvalue weighted by Crippen LogP contribution is 2.38. The Morgan fingerprint density at radius 3 is 2.50 bits per heavy atom. The van der Waals surface area contributed by atoms with Gasteiger partial charge >= 0.3 is 0 Å². The summed E-state index contributed by atoms with van der Waals surface area (Å²) < 4.78 is 18.8. The first-order chi connectivity index (χ1) is 14.4. The van der Waals surface area contributed by atoms with Gasteiger partial charge in [-0.25, -0.2) is 4.39 Å². The first-order valence-corrected chi connectivity index (χ1v) is 10.4. The second-order valence-electron chi connectivity index (χ2n) is 8.15. The molecule has 1 heterocycles. The molecule has 160 valence electrons. The van der Waals surface area contributed by atoms with Gasteiger partial charge < -0.3 is 15.0 Å². The fourth-order valence-electron chi connectivity index (χ4n) is 3.91. The zero-order valence-electron chi connectivity index (χ0n) is 17.7. The number of amides is 2. The average Bonchev–Trinajstić information content (AvgIpc) is 3.18. The molecule has 2 amide bonds. The van der Waals surface area contributed by atoms with Gasteiger partial charge in [0.15, 0.2) is 0 Å². The van der Waals surface area contributed by atoms with Gasteiger partial charge in [0.25, 0.3) is 5.91 Å². The number of nitrogens with one attached hydrogen (secondary N) is 1. The second-order valence-corrected chi connectivity index (χ2v) is 8.15. The summed E-state index contributed by atoms with van der Waals surface area (Å²) in [4.78, 5) is 27.7. The van der Waals surface area contributed by atoms with Crippen LogP contribution in [-0.2, 0) is 4.79 Å². The first-order valence-electron chi connectivity index (χ1n) is 10.4. The van der Waals surface area contributed by atoms with Crippen molar-refractivity contribution in [2.75, 3.05) is 26.7 Å². The molecule has 2 atom stereocenters. The van der Waals surface area contributed by atoms with E-state index in [9.17, 15) is 14.0 Å². The number of carbonyl (C=O) groups excluding carboxylic acids is 2. The number of likely N-dealkylation sites (tertiary alicyclic amines) is 1. The number of carbonyl (C=O) groups is 2. The molecule has 5 nitrogen and oxygen atoms in total. The van der Waals surface area contributed by atoms with Crippen LogP contribution in [0.5, 0.6) is 5.75 Å². The van der Waals surface area contributed by atoms with E-state index in [0.717, 1.165) is 12.0 Å². The van der Waals surface area contributed by atoms with Gasteiger partial charge in [-0.1, -0.05) is 32.0 Å². The molecule has 30 heavy (non-hydrogen) atoms. The quantitative estimate of drug-likeness (QED) is 0.752. The number of para-hydroxylation sites is 1. The van der Waals surface area contributed by atoms with E-state index in [1.165, 1.54) is 24.3 Å². The summed E-state index contributed by atoms with van der Waals surface area (Å²) in [6, 6.07) is 13.1. The van der Waals surface area contributed by atoms with Crippen LogP contribution in [0.25, 0.3) is 0 Å². The predicted octanol–water partition coefficient (Wildman–Crippen LogP) is 3.85. The van der Waals surface area contributed by atoms with Crippen LogP contribution in [0.2, 0.25) is 0 Å². The van der Waals surface area contributed by atoms with Gasteiger partial charge in [0.2, 0.25) is 5.91 Å². The lowest BCUT2D eigenvalue weighted by atomic mass is 9.87. The summed E-state index contributed by atoms with van der Waals surface area (Å²) in [6.45, 7) is 5.55. The standard InChI is InChI=1S/C24H29FN2O3/c1-16(2)12-13-26-23(28)21-15-27(24(29)17-8-10-18(25)11-9-17)14-20(21)19-6-4-5-7-22(19)30-3/h4-11,16,20-21H,12-15H2,1-3H3,(H,26,28). The molecule has 1 aliphatic heterocycles. The molecule has 2 unspecified atom stereocenters. The van der Waals surface area contributed by atoms with E-state index in [-0.39, 0.29) is 29.5 Å². The fourth-order valence-corrected chi connectivity index (χ4v) is 3.91. The van der Waals surface area contributed by atoms with Crippen LogP contribution in [-0.4, -0.2) is 43.5 Å². The van der Waals surface area contributed by atoms with Crippen molar-refractivity contribution in [2.45, 2.75) is 26.2 Å². The van der Waals surface area contributed by atoms with E-state index in [0.29, 0.717) is 36.9 Å². The summed E-state index contributed by atoms with van der Waals surface area (Å²) in [5, 5.41) is 3.03. The average molecular weight is 413 g/mol. The van der Waals surface area contributed by atoms with E-state index in [1.807, 2.05) is 24.3 Å². The maximum Gasteiger partial charge on any atom is 0.253 e. The van der Waals surface area contributed by atoms with E-state index >= 15 is 0 Å². The molecule has 3 rings (SSSR count). The molecule has 0 spiro atoms. The van der Waals surface area contributed by atoms with Crippen LogP contribution in [0.4, 0.5) is 4.39 Å². The van der Waals surface area contributed by atoms with Crippen molar-refractivity contribution in [3.05, 3.63) is 65.5 Å². The van der Waals surface area contributed by atoms with Gasteiger partial charge in [-0.05, 0) is 48.2 Å². The number of methoxy groups -OCH3 is 1. The van der Waals surface area contributed by atoms with Crippen LogP contribution in [0.15, 0.2) is 48.5 Å². The Labute approximate surface area is 177 Å². The molecule has 1 N–H and O–H groups in total. The van der Waals surface area contributed by atoms with Crippen LogP contribution < -0.4 is 10.1 Å². The van der Waals surface area contributed by atoms with Crippen molar-refractivity contribution >= 4 is 11.8 Å². The zero-order chi connectivity index (χ0) is 21.7. The Bertz CT molecular complexity index is 882. The second kappa shape index (κ2) is 9.74. The molecule has 0 bridgehead atoms. The number of nitrogens with zero attached hydrogens (tertiary/aromatic N) is 1. The number of halogens is 1. The molecule has 1 fully saturated rings. The van der Waals surface area contributed by atoms with Crippen LogP contribution in [0, 0.1) is 17.7 Å². The van der Waals surface area contributed by atoms with Gasteiger partial charge in [0.05, 0.1) is 13.0 Å². The van der Waals surface area contributed by atoms with Crippen LogP contribution in [0.1, 0.15) is 42.1 Å². The van der Waals surface area contributed by atoms with E-state index < -0.39 is 0 Å². The monoisotopic (exact) mass is 412 g/mol. The first kappa shape index (κ1) is 21.8. The Morgan fingerprint density at radius 2 is 1.83 bits per heavy atom. The molecule has 2 aromatic carbocycles. The Kier molecular flexibility index (Phi) is 7.08. The van der Waals surface area contributed by atoms with Crippen molar-refractivity contribution in [1.82, 2.24) is 10.2 Å². The summed E-state index contributed by atoms with van der Waals surface area (Å²) >= 11 is 0. The van der Waals surface area contributed by atoms with Crippen molar-refractivity contribution < 1.29 is 18.7 Å².